The van der Waals surface area contributed by atoms with Crippen LogP contribution in [0.5, 0.6) is 0 Å². The van der Waals surface area contributed by atoms with Gasteiger partial charge in [0.2, 0.25) is 0 Å². The van der Waals surface area contributed by atoms with E-state index in [1.807, 2.05) is 0 Å². The van der Waals surface area contributed by atoms with Crippen molar-refractivity contribution in [1.29, 1.82) is 0 Å². The Bertz CT molecular complexity index is 352. The predicted octanol–water partition coefficient (Wildman–Crippen LogP) is 2.88. The summed E-state index contributed by atoms with van der Waals surface area (Å²) in [5.74, 6) is 1.01. The van der Waals surface area contributed by atoms with Crippen LogP contribution < -0.4 is 0 Å². The second kappa shape index (κ2) is 3.64. The lowest BCUT2D eigenvalue weighted by molar-refractivity contribution is 0.0749. The van der Waals surface area contributed by atoms with Gasteiger partial charge in [-0.05, 0) is 36.3 Å². The second-order valence-electron chi connectivity index (χ2n) is 5.04. The lowest BCUT2D eigenvalue weighted by atomic mass is 9.71. The molecule has 0 heterocycles. The van der Waals surface area contributed by atoms with Gasteiger partial charge in [-0.1, -0.05) is 37.1 Å². The number of fused-ring (bicyclic) bond motifs is 1. The van der Waals surface area contributed by atoms with Crippen molar-refractivity contribution < 1.29 is 5.11 Å². The lowest BCUT2D eigenvalue weighted by Gasteiger charge is -2.36. The molecule has 0 saturated heterocycles. The second-order valence-corrected chi connectivity index (χ2v) is 5.04. The largest absolute Gasteiger partial charge is 0.392 e. The van der Waals surface area contributed by atoms with E-state index in [2.05, 4.69) is 24.3 Å². The highest BCUT2D eigenvalue weighted by Gasteiger charge is 2.36. The normalized spacial score (nSPS) is 27.1. The molecule has 0 aliphatic heterocycles. The molecule has 1 fully saturated rings. The molecule has 2 aliphatic rings. The third-order valence-electron chi connectivity index (χ3n) is 4.19. The minimum absolute atomic E-state index is 0.0811. The Morgan fingerprint density at radius 1 is 1.13 bits per heavy atom. The SMILES string of the molecule is OC(C1CCCC1)C1Cc2ccccc21. The Labute approximate surface area is 91.1 Å². The van der Waals surface area contributed by atoms with Gasteiger partial charge in [-0.25, -0.2) is 0 Å². The van der Waals surface area contributed by atoms with Crippen molar-refractivity contribution >= 4 is 0 Å². The number of hydrogen-bond donors (Lipinski definition) is 1. The van der Waals surface area contributed by atoms with E-state index in [1.54, 1.807) is 0 Å². The Balaban J connectivity index is 1.75. The highest BCUT2D eigenvalue weighted by molar-refractivity contribution is 5.40. The Morgan fingerprint density at radius 3 is 2.60 bits per heavy atom. The highest BCUT2D eigenvalue weighted by Crippen LogP contribution is 2.42. The molecule has 1 N–H and O–H groups in total. The van der Waals surface area contributed by atoms with Crippen molar-refractivity contribution in [2.75, 3.05) is 0 Å². The molecule has 2 atom stereocenters. The summed E-state index contributed by atoms with van der Waals surface area (Å²) in [6, 6.07) is 8.55. The van der Waals surface area contributed by atoms with Gasteiger partial charge in [0.05, 0.1) is 6.10 Å². The van der Waals surface area contributed by atoms with Crippen LogP contribution in [-0.4, -0.2) is 11.2 Å². The Hall–Kier alpha value is -0.820. The first-order valence-electron chi connectivity index (χ1n) is 6.12. The van der Waals surface area contributed by atoms with Gasteiger partial charge in [0.25, 0.3) is 0 Å². The fourth-order valence-electron chi connectivity index (χ4n) is 3.23. The first-order valence-corrected chi connectivity index (χ1v) is 6.12. The Morgan fingerprint density at radius 2 is 1.87 bits per heavy atom. The maximum absolute atomic E-state index is 10.3. The topological polar surface area (TPSA) is 20.2 Å². The van der Waals surface area contributed by atoms with Crippen molar-refractivity contribution in [3.8, 4) is 0 Å². The molecule has 0 amide bonds. The maximum atomic E-state index is 10.3. The fraction of sp³-hybridized carbons (Fsp3) is 0.571. The van der Waals surface area contributed by atoms with Gasteiger partial charge in [-0.15, -0.1) is 0 Å². The van der Waals surface area contributed by atoms with Gasteiger partial charge < -0.3 is 5.11 Å². The molecule has 0 spiro atoms. The quantitative estimate of drug-likeness (QED) is 0.782. The standard InChI is InChI=1S/C14H18O/c15-14(10-5-1-2-6-10)13-9-11-7-3-4-8-12(11)13/h3-4,7-8,10,13-15H,1-2,5-6,9H2. The van der Waals surface area contributed by atoms with Crippen LogP contribution in [0.1, 0.15) is 42.7 Å². The minimum Gasteiger partial charge on any atom is -0.392 e. The molecule has 3 rings (SSSR count). The number of benzene rings is 1. The van der Waals surface area contributed by atoms with Crippen molar-refractivity contribution in [2.45, 2.75) is 44.1 Å². The number of rotatable bonds is 2. The maximum Gasteiger partial charge on any atom is 0.0640 e. The molecular weight excluding hydrogens is 184 g/mol. The molecular formula is C14H18O. The summed E-state index contributed by atoms with van der Waals surface area (Å²) in [7, 11) is 0. The van der Waals surface area contributed by atoms with Crippen molar-refractivity contribution in [1.82, 2.24) is 0 Å². The van der Waals surface area contributed by atoms with Gasteiger partial charge in [0, 0.05) is 5.92 Å². The van der Waals surface area contributed by atoms with Gasteiger partial charge in [0.1, 0.15) is 0 Å². The van der Waals surface area contributed by atoms with Crippen molar-refractivity contribution in [3.05, 3.63) is 35.4 Å². The van der Waals surface area contributed by atoms with Crippen LogP contribution in [0, 0.1) is 5.92 Å². The van der Waals surface area contributed by atoms with Crippen LogP contribution in [0.25, 0.3) is 0 Å². The van der Waals surface area contributed by atoms with Gasteiger partial charge in [-0.3, -0.25) is 0 Å². The zero-order valence-corrected chi connectivity index (χ0v) is 9.02. The van der Waals surface area contributed by atoms with E-state index in [-0.39, 0.29) is 6.10 Å². The molecule has 1 aromatic carbocycles. The fourth-order valence-corrected chi connectivity index (χ4v) is 3.23. The summed E-state index contributed by atoms with van der Waals surface area (Å²) in [5.41, 5.74) is 2.84. The molecule has 2 unspecified atom stereocenters. The van der Waals surface area contributed by atoms with E-state index in [0.29, 0.717) is 11.8 Å². The molecule has 0 bridgehead atoms. The van der Waals surface area contributed by atoms with Gasteiger partial charge >= 0.3 is 0 Å². The summed E-state index contributed by atoms with van der Waals surface area (Å²) < 4.78 is 0. The number of aliphatic hydroxyl groups excluding tert-OH is 1. The van der Waals surface area contributed by atoms with Crippen LogP contribution in [0.4, 0.5) is 0 Å². The first kappa shape index (κ1) is 9.41. The van der Waals surface area contributed by atoms with Crippen LogP contribution in [0.3, 0.4) is 0 Å². The average molecular weight is 202 g/mol. The lowest BCUT2D eigenvalue weighted by Crippen LogP contribution is -2.33. The predicted molar refractivity (Wildman–Crippen MR) is 60.9 cm³/mol. The van der Waals surface area contributed by atoms with E-state index in [4.69, 9.17) is 0 Å². The van der Waals surface area contributed by atoms with E-state index in [0.717, 1.165) is 6.42 Å². The number of aliphatic hydroxyl groups is 1. The van der Waals surface area contributed by atoms with Crippen molar-refractivity contribution in [2.24, 2.45) is 5.92 Å². The summed E-state index contributed by atoms with van der Waals surface area (Å²) in [5, 5.41) is 10.3. The molecule has 80 valence electrons. The minimum atomic E-state index is -0.0811. The smallest absolute Gasteiger partial charge is 0.0640 e. The summed E-state index contributed by atoms with van der Waals surface area (Å²) in [6.45, 7) is 0. The Kier molecular flexibility index (Phi) is 2.28. The molecule has 0 aromatic heterocycles. The average Bonchev–Trinajstić information content (AvgIpc) is 2.72. The monoisotopic (exact) mass is 202 g/mol. The molecule has 1 nitrogen and oxygen atoms in total. The zero-order chi connectivity index (χ0) is 10.3. The first-order chi connectivity index (χ1) is 7.36. The third-order valence-corrected chi connectivity index (χ3v) is 4.19. The van der Waals surface area contributed by atoms with Crippen LogP contribution in [-0.2, 0) is 6.42 Å². The summed E-state index contributed by atoms with van der Waals surface area (Å²) in [4.78, 5) is 0. The molecule has 2 aliphatic carbocycles. The number of hydrogen-bond acceptors (Lipinski definition) is 1. The van der Waals surface area contributed by atoms with Crippen LogP contribution >= 0.6 is 0 Å². The zero-order valence-electron chi connectivity index (χ0n) is 9.02. The van der Waals surface area contributed by atoms with Crippen LogP contribution in [0.2, 0.25) is 0 Å². The van der Waals surface area contributed by atoms with E-state index >= 15 is 0 Å². The molecule has 1 saturated carbocycles. The van der Waals surface area contributed by atoms with E-state index in [9.17, 15) is 5.11 Å². The summed E-state index contributed by atoms with van der Waals surface area (Å²) >= 11 is 0. The highest BCUT2D eigenvalue weighted by atomic mass is 16.3. The van der Waals surface area contributed by atoms with E-state index in [1.165, 1.54) is 36.8 Å². The molecule has 1 heteroatoms. The van der Waals surface area contributed by atoms with Crippen LogP contribution in [0.15, 0.2) is 24.3 Å². The van der Waals surface area contributed by atoms with Crippen molar-refractivity contribution in [3.63, 3.8) is 0 Å². The molecule has 1 aromatic rings. The van der Waals surface area contributed by atoms with Gasteiger partial charge in [0.15, 0.2) is 0 Å². The van der Waals surface area contributed by atoms with E-state index < -0.39 is 0 Å². The molecule has 0 radical (unpaired) electrons. The summed E-state index contributed by atoms with van der Waals surface area (Å²) in [6.07, 6.45) is 6.11. The third kappa shape index (κ3) is 1.50. The molecule has 15 heavy (non-hydrogen) atoms. The van der Waals surface area contributed by atoms with Gasteiger partial charge in [-0.2, -0.15) is 0 Å².